The summed E-state index contributed by atoms with van der Waals surface area (Å²) >= 11 is 0. The van der Waals surface area contributed by atoms with Crippen molar-refractivity contribution in [1.82, 2.24) is 9.80 Å². The van der Waals surface area contributed by atoms with Gasteiger partial charge in [0.05, 0.1) is 6.04 Å². The maximum absolute atomic E-state index is 12.2. The number of hydrogen-bond donors (Lipinski definition) is 1. The van der Waals surface area contributed by atoms with Gasteiger partial charge in [-0.3, -0.25) is 9.69 Å². The molecule has 110 valence electrons. The maximum Gasteiger partial charge on any atom is 0.326 e. The molecule has 0 aliphatic carbocycles. The van der Waals surface area contributed by atoms with Crippen molar-refractivity contribution in [3.05, 3.63) is 35.9 Å². The minimum absolute atomic E-state index is 0.196. The summed E-state index contributed by atoms with van der Waals surface area (Å²) in [6.07, 6.45) is 0. The summed E-state index contributed by atoms with van der Waals surface area (Å²) in [6, 6.07) is 8.65. The van der Waals surface area contributed by atoms with Crippen molar-refractivity contribution < 1.29 is 14.7 Å². The van der Waals surface area contributed by atoms with Crippen molar-refractivity contribution in [2.24, 2.45) is 0 Å². The SMILES string of the molecule is CC(C(=O)N(C)C(C)C(=O)O)N(C)Cc1ccccc1. The standard InChI is InChI=1S/C15H22N2O3/c1-11(14(18)17(4)12(2)15(19)20)16(3)10-13-8-6-5-7-9-13/h5-9,11-12H,10H2,1-4H3,(H,19,20). The van der Waals surface area contributed by atoms with Gasteiger partial charge in [-0.1, -0.05) is 30.3 Å². The normalized spacial score (nSPS) is 13.8. The Morgan fingerprint density at radius 2 is 1.65 bits per heavy atom. The second-order valence-electron chi connectivity index (χ2n) is 5.04. The van der Waals surface area contributed by atoms with E-state index in [4.69, 9.17) is 5.11 Å². The Bertz CT molecular complexity index is 461. The van der Waals surface area contributed by atoms with Crippen molar-refractivity contribution in [3.8, 4) is 0 Å². The predicted molar refractivity (Wildman–Crippen MR) is 77.2 cm³/mol. The number of likely N-dealkylation sites (N-methyl/N-ethyl adjacent to an activating group) is 2. The van der Waals surface area contributed by atoms with Crippen molar-refractivity contribution in [2.45, 2.75) is 32.5 Å². The molecule has 1 N–H and O–H groups in total. The minimum Gasteiger partial charge on any atom is -0.480 e. The third-order valence-electron chi connectivity index (χ3n) is 3.58. The highest BCUT2D eigenvalue weighted by atomic mass is 16.4. The van der Waals surface area contributed by atoms with Gasteiger partial charge in [0.2, 0.25) is 5.91 Å². The van der Waals surface area contributed by atoms with Crippen LogP contribution in [-0.2, 0) is 16.1 Å². The molecular formula is C15H22N2O3. The van der Waals surface area contributed by atoms with E-state index in [0.29, 0.717) is 6.54 Å². The van der Waals surface area contributed by atoms with Crippen LogP contribution in [0.25, 0.3) is 0 Å². The average molecular weight is 278 g/mol. The van der Waals surface area contributed by atoms with Gasteiger partial charge in [0, 0.05) is 13.6 Å². The number of carboxylic acid groups (broad SMARTS) is 1. The van der Waals surface area contributed by atoms with Crippen LogP contribution in [0.1, 0.15) is 19.4 Å². The summed E-state index contributed by atoms with van der Waals surface area (Å²) in [7, 11) is 3.38. The fourth-order valence-electron chi connectivity index (χ4n) is 1.85. The lowest BCUT2D eigenvalue weighted by atomic mass is 10.1. The van der Waals surface area contributed by atoms with Gasteiger partial charge >= 0.3 is 5.97 Å². The fraction of sp³-hybridized carbons (Fsp3) is 0.467. The maximum atomic E-state index is 12.2. The number of aliphatic carboxylic acids is 1. The number of nitrogens with zero attached hydrogens (tertiary/aromatic N) is 2. The molecule has 0 radical (unpaired) electrons. The molecule has 1 amide bonds. The third-order valence-corrected chi connectivity index (χ3v) is 3.58. The molecule has 0 bridgehead atoms. The van der Waals surface area contributed by atoms with Gasteiger partial charge in [-0.15, -0.1) is 0 Å². The Labute approximate surface area is 119 Å². The average Bonchev–Trinajstić information content (AvgIpc) is 2.44. The molecule has 20 heavy (non-hydrogen) atoms. The van der Waals surface area contributed by atoms with E-state index in [2.05, 4.69) is 0 Å². The van der Waals surface area contributed by atoms with Gasteiger partial charge in [0.15, 0.2) is 0 Å². The van der Waals surface area contributed by atoms with E-state index in [0.717, 1.165) is 5.56 Å². The summed E-state index contributed by atoms with van der Waals surface area (Å²) in [5.41, 5.74) is 1.11. The van der Waals surface area contributed by atoms with Gasteiger partial charge in [-0.25, -0.2) is 4.79 Å². The van der Waals surface area contributed by atoms with E-state index in [1.165, 1.54) is 18.9 Å². The second-order valence-corrected chi connectivity index (χ2v) is 5.04. The molecule has 5 nitrogen and oxygen atoms in total. The Kier molecular flexibility index (Phi) is 5.70. The van der Waals surface area contributed by atoms with Crippen molar-refractivity contribution in [3.63, 3.8) is 0 Å². The largest absolute Gasteiger partial charge is 0.480 e. The molecular weight excluding hydrogens is 256 g/mol. The van der Waals surface area contributed by atoms with E-state index in [9.17, 15) is 9.59 Å². The molecule has 1 aromatic carbocycles. The number of hydrogen-bond acceptors (Lipinski definition) is 3. The number of carbonyl (C=O) groups excluding carboxylic acids is 1. The Morgan fingerprint density at radius 3 is 2.15 bits per heavy atom. The van der Waals surface area contributed by atoms with Crippen LogP contribution in [0.4, 0.5) is 0 Å². The van der Waals surface area contributed by atoms with Crippen molar-refractivity contribution in [1.29, 1.82) is 0 Å². The summed E-state index contributed by atoms with van der Waals surface area (Å²) in [5, 5.41) is 8.95. The Balaban J connectivity index is 2.66. The molecule has 1 aromatic rings. The zero-order valence-electron chi connectivity index (χ0n) is 12.4. The zero-order chi connectivity index (χ0) is 15.3. The summed E-state index contributed by atoms with van der Waals surface area (Å²) in [5.74, 6) is -1.20. The molecule has 0 saturated heterocycles. The third kappa shape index (κ3) is 4.06. The van der Waals surface area contributed by atoms with Crippen LogP contribution >= 0.6 is 0 Å². The van der Waals surface area contributed by atoms with Gasteiger partial charge < -0.3 is 10.0 Å². The number of benzene rings is 1. The van der Waals surface area contributed by atoms with Crippen LogP contribution in [-0.4, -0.2) is 53.0 Å². The molecule has 0 spiro atoms. The predicted octanol–water partition coefficient (Wildman–Crippen LogP) is 1.44. The topological polar surface area (TPSA) is 60.9 Å². The zero-order valence-corrected chi connectivity index (χ0v) is 12.4. The lowest BCUT2D eigenvalue weighted by Gasteiger charge is -2.30. The van der Waals surface area contributed by atoms with Crippen LogP contribution < -0.4 is 0 Å². The van der Waals surface area contributed by atoms with E-state index < -0.39 is 12.0 Å². The molecule has 2 unspecified atom stereocenters. The number of amides is 1. The lowest BCUT2D eigenvalue weighted by Crippen LogP contribution is -2.49. The number of carbonyl (C=O) groups is 2. The van der Waals surface area contributed by atoms with Gasteiger partial charge in [-0.05, 0) is 26.5 Å². The highest BCUT2D eigenvalue weighted by Crippen LogP contribution is 2.09. The quantitative estimate of drug-likeness (QED) is 0.855. The molecule has 0 heterocycles. The van der Waals surface area contributed by atoms with Crippen LogP contribution in [0, 0.1) is 0 Å². The van der Waals surface area contributed by atoms with Crippen molar-refractivity contribution >= 4 is 11.9 Å². The second kappa shape index (κ2) is 7.05. The first-order valence-electron chi connectivity index (χ1n) is 6.58. The molecule has 1 rings (SSSR count). The van der Waals surface area contributed by atoms with E-state index >= 15 is 0 Å². The van der Waals surface area contributed by atoms with E-state index in [1.54, 1.807) is 6.92 Å². The smallest absolute Gasteiger partial charge is 0.326 e. The lowest BCUT2D eigenvalue weighted by molar-refractivity contribution is -0.150. The first-order valence-corrected chi connectivity index (χ1v) is 6.58. The first-order chi connectivity index (χ1) is 9.34. The molecule has 2 atom stereocenters. The van der Waals surface area contributed by atoms with E-state index in [-0.39, 0.29) is 11.9 Å². The fourth-order valence-corrected chi connectivity index (χ4v) is 1.85. The molecule has 0 saturated carbocycles. The minimum atomic E-state index is -1.00. The molecule has 0 aliphatic rings. The molecule has 0 aliphatic heterocycles. The van der Waals surface area contributed by atoms with Crippen LogP contribution in [0.5, 0.6) is 0 Å². The Hall–Kier alpha value is -1.88. The summed E-state index contributed by atoms with van der Waals surface area (Å²) in [4.78, 5) is 26.3. The number of carboxylic acids is 1. The molecule has 5 heteroatoms. The Morgan fingerprint density at radius 1 is 1.10 bits per heavy atom. The van der Waals surface area contributed by atoms with Gasteiger partial charge in [0.25, 0.3) is 0 Å². The monoisotopic (exact) mass is 278 g/mol. The van der Waals surface area contributed by atoms with E-state index in [1.807, 2.05) is 42.3 Å². The highest BCUT2D eigenvalue weighted by molar-refractivity contribution is 5.86. The summed E-state index contributed by atoms with van der Waals surface area (Å²) < 4.78 is 0. The van der Waals surface area contributed by atoms with Gasteiger partial charge in [-0.2, -0.15) is 0 Å². The van der Waals surface area contributed by atoms with Gasteiger partial charge in [0.1, 0.15) is 6.04 Å². The molecule has 0 aromatic heterocycles. The van der Waals surface area contributed by atoms with Crippen LogP contribution in [0.3, 0.4) is 0 Å². The number of rotatable bonds is 6. The summed E-state index contributed by atoms with van der Waals surface area (Å²) in [6.45, 7) is 3.93. The van der Waals surface area contributed by atoms with Crippen molar-refractivity contribution in [2.75, 3.05) is 14.1 Å². The highest BCUT2D eigenvalue weighted by Gasteiger charge is 2.27. The van der Waals surface area contributed by atoms with Crippen LogP contribution in [0.2, 0.25) is 0 Å². The van der Waals surface area contributed by atoms with Crippen LogP contribution in [0.15, 0.2) is 30.3 Å². The first kappa shape index (κ1) is 16.2. The molecule has 0 fully saturated rings.